The smallest absolute Gasteiger partial charge is 0.00763 e. The summed E-state index contributed by atoms with van der Waals surface area (Å²) in [7, 11) is 0. The van der Waals surface area contributed by atoms with Crippen LogP contribution in [0.15, 0.2) is 84.9 Å². The summed E-state index contributed by atoms with van der Waals surface area (Å²) in [5.41, 5.74) is 5.63. The second kappa shape index (κ2) is 8.92. The van der Waals surface area contributed by atoms with E-state index in [1.54, 1.807) is 0 Å². The zero-order chi connectivity index (χ0) is 20.1. The lowest BCUT2D eigenvalue weighted by molar-refractivity contribution is 1.09. The highest BCUT2D eigenvalue weighted by Crippen LogP contribution is 2.28. The third-order valence-corrected chi connectivity index (χ3v) is 5.32. The van der Waals surface area contributed by atoms with Gasteiger partial charge in [0.25, 0.3) is 0 Å². The largest absolute Gasteiger partial charge is 0.0795 e. The molecule has 0 nitrogen and oxygen atoms in total. The number of hydrogen-bond acceptors (Lipinski definition) is 0. The zero-order valence-corrected chi connectivity index (χ0v) is 17.4. The molecular formula is C29H28. The van der Waals surface area contributed by atoms with Crippen molar-refractivity contribution in [3.63, 3.8) is 0 Å². The molecule has 0 saturated heterocycles. The monoisotopic (exact) mass is 376 g/mol. The Morgan fingerprint density at radius 3 is 1.34 bits per heavy atom. The van der Waals surface area contributed by atoms with Crippen molar-refractivity contribution in [1.82, 2.24) is 0 Å². The van der Waals surface area contributed by atoms with Gasteiger partial charge in [0, 0.05) is 0 Å². The molecule has 6 rings (SSSR count). The predicted octanol–water partition coefficient (Wildman–Crippen LogP) is 8.23. The summed E-state index contributed by atoms with van der Waals surface area (Å²) in [6, 6.07) is 26.1. The highest BCUT2D eigenvalue weighted by Gasteiger charge is 2.07. The maximum Gasteiger partial charge on any atom is -0.00763 e. The van der Waals surface area contributed by atoms with Crippen LogP contribution in [-0.2, 0) is 12.8 Å². The molecule has 0 aromatic heterocycles. The van der Waals surface area contributed by atoms with Gasteiger partial charge in [0.15, 0.2) is 0 Å². The van der Waals surface area contributed by atoms with Crippen LogP contribution in [0.1, 0.15) is 42.5 Å². The lowest BCUT2D eigenvalue weighted by atomic mass is 9.93. The lowest BCUT2D eigenvalue weighted by Gasteiger charge is -2.11. The summed E-state index contributed by atoms with van der Waals surface area (Å²) < 4.78 is 0. The van der Waals surface area contributed by atoms with Crippen LogP contribution < -0.4 is 0 Å². The number of allylic oxidation sites excluding steroid dienone is 2. The van der Waals surface area contributed by atoms with Crippen molar-refractivity contribution in [2.45, 2.75) is 33.1 Å². The Balaban J connectivity index is 0.000000125. The van der Waals surface area contributed by atoms with Crippen LogP contribution in [0.25, 0.3) is 33.7 Å². The Hall–Kier alpha value is -3.12. The molecule has 0 fully saturated rings. The molecular weight excluding hydrogens is 348 g/mol. The van der Waals surface area contributed by atoms with Gasteiger partial charge in [-0.05, 0) is 56.6 Å². The topological polar surface area (TPSA) is 0 Å². The normalized spacial score (nSPS) is 12.8. The van der Waals surface area contributed by atoms with Gasteiger partial charge in [0.05, 0.1) is 0 Å². The van der Waals surface area contributed by atoms with Crippen LogP contribution in [0.5, 0.6) is 0 Å². The van der Waals surface area contributed by atoms with Crippen molar-refractivity contribution in [2.24, 2.45) is 0 Å². The first kappa shape index (κ1) is 19.2. The highest BCUT2D eigenvalue weighted by molar-refractivity contribution is 5.95. The molecule has 0 N–H and O–H groups in total. The summed E-state index contributed by atoms with van der Waals surface area (Å²) in [5, 5.41) is 5.60. The second-order valence-corrected chi connectivity index (χ2v) is 7.65. The molecule has 29 heavy (non-hydrogen) atoms. The van der Waals surface area contributed by atoms with Crippen LogP contribution in [-0.4, -0.2) is 0 Å². The minimum absolute atomic E-state index is 1.08. The van der Waals surface area contributed by atoms with Gasteiger partial charge in [-0.3, -0.25) is 0 Å². The fourth-order valence-electron chi connectivity index (χ4n) is 4.14. The van der Waals surface area contributed by atoms with E-state index in [1.807, 2.05) is 0 Å². The standard InChI is InChI=1S/2C13H10.C3H8/c2*1-4-10-6-2-8-12-9-3-7-11(5-1)13(10)12;1-3-2/h2*1-8H,9H2;3H2,1-2H3. The average Bonchev–Trinajstić information content (AvgIpc) is 2.76. The van der Waals surface area contributed by atoms with Crippen LogP contribution >= 0.6 is 0 Å². The van der Waals surface area contributed by atoms with E-state index < -0.39 is 0 Å². The summed E-state index contributed by atoms with van der Waals surface area (Å²) in [6.45, 7) is 4.25. The first-order valence-electron chi connectivity index (χ1n) is 10.7. The van der Waals surface area contributed by atoms with E-state index in [1.165, 1.54) is 50.2 Å². The third-order valence-electron chi connectivity index (χ3n) is 5.32. The highest BCUT2D eigenvalue weighted by atomic mass is 14.1. The van der Waals surface area contributed by atoms with Crippen LogP contribution in [0.4, 0.5) is 0 Å². The zero-order valence-electron chi connectivity index (χ0n) is 17.4. The molecule has 4 aromatic carbocycles. The average molecular weight is 377 g/mol. The van der Waals surface area contributed by atoms with Crippen LogP contribution in [0, 0.1) is 0 Å². The van der Waals surface area contributed by atoms with E-state index in [0.29, 0.717) is 0 Å². The molecule has 0 bridgehead atoms. The van der Waals surface area contributed by atoms with Crippen molar-refractivity contribution in [3.05, 3.63) is 107 Å². The van der Waals surface area contributed by atoms with Gasteiger partial charge in [-0.1, -0.05) is 117 Å². The molecule has 0 saturated carbocycles. The van der Waals surface area contributed by atoms with Gasteiger partial charge in [0.2, 0.25) is 0 Å². The quantitative estimate of drug-likeness (QED) is 0.290. The number of rotatable bonds is 0. The predicted molar refractivity (Wildman–Crippen MR) is 129 cm³/mol. The van der Waals surface area contributed by atoms with E-state index in [0.717, 1.165) is 12.8 Å². The van der Waals surface area contributed by atoms with Gasteiger partial charge in [-0.15, -0.1) is 0 Å². The second-order valence-electron chi connectivity index (χ2n) is 7.65. The Labute approximate surface area is 174 Å². The molecule has 0 spiro atoms. The Morgan fingerprint density at radius 2 is 0.931 bits per heavy atom. The van der Waals surface area contributed by atoms with Gasteiger partial charge in [0.1, 0.15) is 0 Å². The van der Waals surface area contributed by atoms with Crippen molar-refractivity contribution in [1.29, 1.82) is 0 Å². The van der Waals surface area contributed by atoms with E-state index in [9.17, 15) is 0 Å². The van der Waals surface area contributed by atoms with Crippen molar-refractivity contribution in [2.75, 3.05) is 0 Å². The Bertz CT molecular complexity index is 1090. The van der Waals surface area contributed by atoms with Gasteiger partial charge in [-0.2, -0.15) is 0 Å². The molecule has 0 radical (unpaired) electrons. The molecule has 144 valence electrons. The molecule has 0 heteroatoms. The van der Waals surface area contributed by atoms with Gasteiger partial charge in [-0.25, -0.2) is 0 Å². The molecule has 0 aliphatic heterocycles. The maximum atomic E-state index is 2.23. The minimum Gasteiger partial charge on any atom is -0.0795 e. The SMILES string of the molecule is C1=Cc2cccc3cccc(c23)C1.C1=Cc2cccc3cccc(c23)C1.CCC. The number of hydrogen-bond donors (Lipinski definition) is 0. The molecule has 0 amide bonds. The fourth-order valence-corrected chi connectivity index (χ4v) is 4.14. The maximum absolute atomic E-state index is 2.23. The van der Waals surface area contributed by atoms with Gasteiger partial charge < -0.3 is 0 Å². The first-order valence-corrected chi connectivity index (χ1v) is 10.7. The molecule has 0 heterocycles. The van der Waals surface area contributed by atoms with E-state index in [-0.39, 0.29) is 0 Å². The van der Waals surface area contributed by atoms with Crippen molar-refractivity contribution in [3.8, 4) is 0 Å². The third kappa shape index (κ3) is 4.03. The molecule has 0 unspecified atom stereocenters. The summed E-state index contributed by atoms with van der Waals surface area (Å²) in [6.07, 6.45) is 12.3. The Kier molecular flexibility index (Phi) is 5.91. The van der Waals surface area contributed by atoms with Gasteiger partial charge >= 0.3 is 0 Å². The lowest BCUT2D eigenvalue weighted by Crippen LogP contribution is -1.91. The summed E-state index contributed by atoms with van der Waals surface area (Å²) in [5.74, 6) is 0. The van der Waals surface area contributed by atoms with E-state index in [4.69, 9.17) is 0 Å². The Morgan fingerprint density at radius 1 is 0.552 bits per heavy atom. The summed E-state index contributed by atoms with van der Waals surface area (Å²) in [4.78, 5) is 0. The molecule has 4 aromatic rings. The van der Waals surface area contributed by atoms with Crippen molar-refractivity contribution >= 4 is 33.7 Å². The number of benzene rings is 4. The first-order chi connectivity index (χ1) is 14.3. The van der Waals surface area contributed by atoms with E-state index >= 15 is 0 Å². The van der Waals surface area contributed by atoms with Crippen LogP contribution in [0.3, 0.4) is 0 Å². The fraction of sp³-hybridized carbons (Fsp3) is 0.172. The van der Waals surface area contributed by atoms with E-state index in [2.05, 4.69) is 111 Å². The summed E-state index contributed by atoms with van der Waals surface area (Å²) >= 11 is 0. The molecule has 2 aliphatic carbocycles. The van der Waals surface area contributed by atoms with Crippen molar-refractivity contribution < 1.29 is 0 Å². The minimum atomic E-state index is 1.08. The van der Waals surface area contributed by atoms with Crippen LogP contribution in [0.2, 0.25) is 0 Å². The molecule has 0 atom stereocenters. The molecule has 2 aliphatic rings.